The number of aromatic nitrogens is 2. The summed E-state index contributed by atoms with van der Waals surface area (Å²) < 4.78 is 13.8. The van der Waals surface area contributed by atoms with Crippen molar-refractivity contribution in [3.63, 3.8) is 0 Å². The molecule has 2 aromatic rings. The molecule has 0 N–H and O–H groups in total. The summed E-state index contributed by atoms with van der Waals surface area (Å²) in [5.41, 5.74) is 2.07. The molecule has 2 fully saturated rings. The quantitative estimate of drug-likeness (QED) is 0.813. The number of fused-ring (bicyclic) bond motifs is 3. The Morgan fingerprint density at radius 2 is 2.33 bits per heavy atom. The molecule has 2 aliphatic heterocycles. The number of benzene rings is 1. The molecule has 2 bridgehead atoms. The van der Waals surface area contributed by atoms with Gasteiger partial charge in [0.15, 0.2) is 0 Å². The topological polar surface area (TPSA) is 36.3 Å². The van der Waals surface area contributed by atoms with Crippen molar-refractivity contribution < 1.29 is 9.47 Å². The predicted octanol–water partition coefficient (Wildman–Crippen LogP) is 3.32. The molecule has 3 unspecified atom stereocenters. The second-order valence-corrected chi connectivity index (χ2v) is 6.22. The Morgan fingerprint density at radius 3 is 3.00 bits per heavy atom. The Balaban J connectivity index is 1.87. The number of nitrogens with zero attached hydrogens (tertiary/aromatic N) is 2. The van der Waals surface area contributed by atoms with Gasteiger partial charge in [-0.3, -0.25) is 0 Å². The van der Waals surface area contributed by atoms with Crippen LogP contribution in [0.1, 0.15) is 31.1 Å². The number of halogens is 1. The van der Waals surface area contributed by atoms with Gasteiger partial charge in [-0.25, -0.2) is 4.98 Å². The van der Waals surface area contributed by atoms with Crippen molar-refractivity contribution in [1.82, 2.24) is 9.55 Å². The molecule has 0 spiro atoms. The van der Waals surface area contributed by atoms with Crippen molar-refractivity contribution in [3.8, 4) is 5.75 Å². The van der Waals surface area contributed by atoms with E-state index >= 15 is 0 Å². The van der Waals surface area contributed by atoms with Crippen LogP contribution in [0.25, 0.3) is 11.0 Å². The third-order valence-corrected chi connectivity index (χ3v) is 4.89. The normalized spacial score (nSPS) is 27.6. The molecule has 0 radical (unpaired) electrons. The number of methoxy groups -OCH3 is 1. The standard InChI is InChI=1S/C16H19ClN2O2/c1-20-14-4-2-3-11-16(14)18-15(7-8-17)19(11)12-9-10-5-6-13(12)21-10/h2-4,10,12-13H,5-9H2,1H3. The number of hydrogen-bond donors (Lipinski definition) is 0. The summed E-state index contributed by atoms with van der Waals surface area (Å²) in [6.07, 6.45) is 4.96. The number of aryl methyl sites for hydroxylation is 1. The lowest BCUT2D eigenvalue weighted by molar-refractivity contribution is 0.0940. The van der Waals surface area contributed by atoms with Crippen molar-refractivity contribution in [1.29, 1.82) is 0 Å². The van der Waals surface area contributed by atoms with E-state index in [9.17, 15) is 0 Å². The fourth-order valence-corrected chi connectivity index (χ4v) is 3.99. The highest BCUT2D eigenvalue weighted by molar-refractivity contribution is 6.17. The molecule has 3 atom stereocenters. The van der Waals surface area contributed by atoms with E-state index in [4.69, 9.17) is 26.1 Å². The van der Waals surface area contributed by atoms with E-state index in [1.54, 1.807) is 7.11 Å². The molecule has 21 heavy (non-hydrogen) atoms. The van der Waals surface area contributed by atoms with Gasteiger partial charge >= 0.3 is 0 Å². The third kappa shape index (κ3) is 2.04. The summed E-state index contributed by atoms with van der Waals surface area (Å²) in [6, 6.07) is 6.49. The first-order valence-corrected chi connectivity index (χ1v) is 8.10. The van der Waals surface area contributed by atoms with E-state index in [0.29, 0.717) is 24.1 Å². The first-order chi connectivity index (χ1) is 10.3. The zero-order valence-electron chi connectivity index (χ0n) is 12.1. The van der Waals surface area contributed by atoms with Crippen LogP contribution in [0, 0.1) is 0 Å². The largest absolute Gasteiger partial charge is 0.494 e. The highest BCUT2D eigenvalue weighted by Crippen LogP contribution is 2.44. The van der Waals surface area contributed by atoms with Crippen molar-refractivity contribution in [2.45, 2.75) is 43.9 Å². The van der Waals surface area contributed by atoms with Crippen LogP contribution >= 0.6 is 11.6 Å². The van der Waals surface area contributed by atoms with E-state index in [1.165, 1.54) is 6.42 Å². The fraction of sp³-hybridized carbons (Fsp3) is 0.562. The van der Waals surface area contributed by atoms with Crippen LogP contribution < -0.4 is 4.74 Å². The van der Waals surface area contributed by atoms with Crippen molar-refractivity contribution in [2.75, 3.05) is 13.0 Å². The Kier molecular flexibility index (Phi) is 3.31. The van der Waals surface area contributed by atoms with E-state index in [1.807, 2.05) is 12.1 Å². The van der Waals surface area contributed by atoms with Gasteiger partial charge in [0, 0.05) is 12.3 Å². The second kappa shape index (κ2) is 5.18. The van der Waals surface area contributed by atoms with E-state index < -0.39 is 0 Å². The van der Waals surface area contributed by atoms with Crippen molar-refractivity contribution >= 4 is 22.6 Å². The van der Waals surface area contributed by atoms with E-state index in [2.05, 4.69) is 10.6 Å². The lowest BCUT2D eigenvalue weighted by Gasteiger charge is -2.23. The minimum atomic E-state index is 0.327. The molecule has 0 amide bonds. The Labute approximate surface area is 129 Å². The van der Waals surface area contributed by atoms with Crippen LogP contribution in [0.15, 0.2) is 18.2 Å². The zero-order valence-corrected chi connectivity index (χ0v) is 12.8. The molecular formula is C16H19ClN2O2. The average Bonchev–Trinajstić information content (AvgIpc) is 3.19. The number of para-hydroxylation sites is 1. The molecule has 1 aromatic heterocycles. The average molecular weight is 307 g/mol. The molecule has 0 aliphatic carbocycles. The molecule has 0 saturated carbocycles. The van der Waals surface area contributed by atoms with Crippen LogP contribution in [-0.2, 0) is 11.2 Å². The zero-order chi connectivity index (χ0) is 14.4. The maximum atomic E-state index is 6.03. The molecule has 3 heterocycles. The smallest absolute Gasteiger partial charge is 0.146 e. The fourth-order valence-electron chi connectivity index (χ4n) is 3.82. The Morgan fingerprint density at radius 1 is 1.43 bits per heavy atom. The van der Waals surface area contributed by atoms with E-state index in [0.717, 1.165) is 41.9 Å². The van der Waals surface area contributed by atoms with Gasteiger partial charge in [-0.1, -0.05) is 6.07 Å². The van der Waals surface area contributed by atoms with Crippen LogP contribution in [0.5, 0.6) is 5.75 Å². The lowest BCUT2D eigenvalue weighted by Crippen LogP contribution is -2.22. The maximum Gasteiger partial charge on any atom is 0.146 e. The second-order valence-electron chi connectivity index (χ2n) is 5.84. The first kappa shape index (κ1) is 13.4. The molecular weight excluding hydrogens is 288 g/mol. The van der Waals surface area contributed by atoms with Crippen LogP contribution in [0.3, 0.4) is 0 Å². The summed E-state index contributed by atoms with van der Waals surface area (Å²) in [4.78, 5) is 4.80. The molecule has 5 heteroatoms. The summed E-state index contributed by atoms with van der Waals surface area (Å²) in [6.45, 7) is 0. The number of ether oxygens (including phenoxy) is 2. The van der Waals surface area contributed by atoms with Gasteiger partial charge in [-0.2, -0.15) is 0 Å². The predicted molar refractivity (Wildman–Crippen MR) is 82.3 cm³/mol. The monoisotopic (exact) mass is 306 g/mol. The number of alkyl halides is 1. The van der Waals surface area contributed by atoms with Crippen molar-refractivity contribution in [3.05, 3.63) is 24.0 Å². The highest BCUT2D eigenvalue weighted by atomic mass is 35.5. The first-order valence-electron chi connectivity index (χ1n) is 7.57. The summed E-state index contributed by atoms with van der Waals surface area (Å²) >= 11 is 5.98. The van der Waals surface area contributed by atoms with Gasteiger partial charge in [0.25, 0.3) is 0 Å². The van der Waals surface area contributed by atoms with Gasteiger partial charge in [0.1, 0.15) is 17.1 Å². The lowest BCUT2D eigenvalue weighted by atomic mass is 9.95. The van der Waals surface area contributed by atoms with E-state index in [-0.39, 0.29) is 0 Å². The third-order valence-electron chi connectivity index (χ3n) is 4.70. The Hall–Kier alpha value is -1.26. The number of hydrogen-bond acceptors (Lipinski definition) is 3. The Bertz CT molecular complexity index is 670. The van der Waals surface area contributed by atoms with Gasteiger partial charge < -0.3 is 14.0 Å². The molecule has 4 nitrogen and oxygen atoms in total. The maximum absolute atomic E-state index is 6.03. The SMILES string of the molecule is COc1cccc2c1nc(CCCl)n2C1CC2CCC1O2. The van der Waals surface area contributed by atoms with Gasteiger partial charge in [0.2, 0.25) is 0 Å². The number of imidazole rings is 1. The summed E-state index contributed by atoms with van der Waals surface area (Å²) in [7, 11) is 1.69. The summed E-state index contributed by atoms with van der Waals surface area (Å²) in [5, 5.41) is 0. The molecule has 2 saturated heterocycles. The molecule has 2 aliphatic rings. The van der Waals surface area contributed by atoms with Crippen LogP contribution in [0.2, 0.25) is 0 Å². The van der Waals surface area contributed by atoms with Crippen LogP contribution in [0.4, 0.5) is 0 Å². The molecule has 1 aromatic carbocycles. The van der Waals surface area contributed by atoms with Crippen molar-refractivity contribution in [2.24, 2.45) is 0 Å². The summed E-state index contributed by atoms with van der Waals surface area (Å²) in [5.74, 6) is 2.45. The minimum Gasteiger partial charge on any atom is -0.494 e. The molecule has 4 rings (SSSR count). The van der Waals surface area contributed by atoms with Gasteiger partial charge in [-0.15, -0.1) is 11.6 Å². The molecule has 112 valence electrons. The van der Waals surface area contributed by atoms with Gasteiger partial charge in [-0.05, 0) is 31.4 Å². The van der Waals surface area contributed by atoms with Crippen LogP contribution in [-0.4, -0.2) is 34.7 Å². The minimum absolute atomic E-state index is 0.327. The highest BCUT2D eigenvalue weighted by Gasteiger charge is 2.43. The number of rotatable bonds is 4. The van der Waals surface area contributed by atoms with Gasteiger partial charge in [0.05, 0.1) is 30.9 Å².